The number of carbonyl (C=O) groups is 1. The van der Waals surface area contributed by atoms with Crippen LogP contribution in [0.2, 0.25) is 0 Å². The Morgan fingerprint density at radius 1 is 1.21 bits per heavy atom. The number of hydrogen-bond acceptors (Lipinski definition) is 7. The summed E-state index contributed by atoms with van der Waals surface area (Å²) in [6, 6.07) is 0.915. The molecule has 4 heterocycles. The van der Waals surface area contributed by atoms with Crippen molar-refractivity contribution in [3.63, 3.8) is 0 Å². The lowest BCUT2D eigenvalue weighted by Gasteiger charge is -2.38. The number of alkyl halides is 3. The number of likely N-dealkylation sites (N-methyl/N-ethyl adjacent to an activating group) is 1. The number of carbonyl (C=O) groups excluding carboxylic acids is 1. The van der Waals surface area contributed by atoms with Crippen molar-refractivity contribution in [1.82, 2.24) is 24.7 Å². The fourth-order valence-electron chi connectivity index (χ4n) is 4.96. The highest BCUT2D eigenvalue weighted by Gasteiger charge is 2.36. The maximum Gasteiger partial charge on any atom is 0.433 e. The zero-order chi connectivity index (χ0) is 25.1. The van der Waals surface area contributed by atoms with Crippen LogP contribution in [0.5, 0.6) is 0 Å². The largest absolute Gasteiger partial charge is 0.433 e. The van der Waals surface area contributed by atoms with Gasteiger partial charge in [0.1, 0.15) is 22.9 Å². The van der Waals surface area contributed by atoms with Crippen LogP contribution in [-0.4, -0.2) is 49.8 Å². The zero-order valence-corrected chi connectivity index (χ0v) is 21.4. The minimum atomic E-state index is -4.48. The number of aryl methyl sites for hydroxylation is 1. The van der Waals surface area contributed by atoms with Gasteiger partial charge in [-0.25, -0.2) is 9.97 Å². The second-order valence-electron chi connectivity index (χ2n) is 9.78. The van der Waals surface area contributed by atoms with Gasteiger partial charge in [0.2, 0.25) is 11.9 Å². The molecule has 2 N–H and O–H groups in total. The van der Waals surface area contributed by atoms with E-state index < -0.39 is 11.9 Å². The molecule has 3 aromatic rings. The van der Waals surface area contributed by atoms with Crippen LogP contribution in [0, 0.1) is 18.8 Å². The van der Waals surface area contributed by atoms with Crippen LogP contribution in [0.3, 0.4) is 0 Å². The molecule has 9 nitrogen and oxygen atoms in total. The van der Waals surface area contributed by atoms with Gasteiger partial charge in [-0.3, -0.25) is 9.48 Å². The molecule has 5 rings (SSSR count). The smallest absolute Gasteiger partial charge is 0.351 e. The molecule has 1 amide bonds. The number of aromatic nitrogens is 5. The summed E-state index contributed by atoms with van der Waals surface area (Å²) >= 11 is 0. The molecule has 0 spiro atoms. The van der Waals surface area contributed by atoms with Gasteiger partial charge in [0.05, 0.1) is 11.9 Å². The first kappa shape index (κ1) is 31.1. The highest BCUT2D eigenvalue weighted by molar-refractivity contribution is 7.59. The normalized spacial score (nSPS) is 20.5. The van der Waals surface area contributed by atoms with Crippen molar-refractivity contribution in [3.8, 4) is 0 Å². The van der Waals surface area contributed by atoms with Crippen LogP contribution in [0.4, 0.5) is 30.6 Å². The van der Waals surface area contributed by atoms with Crippen molar-refractivity contribution in [3.05, 3.63) is 29.8 Å². The SMILES string of the molecule is C.C.Cc1nc(NC2CC(Cn3cc4cc(C(F)(F)F)ncc4n3)C2)nc2c1NC(=O)[C@H](C(C)C)N2C.S. The highest BCUT2D eigenvalue weighted by atomic mass is 32.1. The average molecular weight is 555 g/mol. The van der Waals surface area contributed by atoms with Gasteiger partial charge in [0, 0.05) is 31.2 Å². The number of hydrogen-bond donors (Lipinski definition) is 2. The molecule has 0 aromatic carbocycles. The number of nitrogens with zero attached hydrogens (tertiary/aromatic N) is 6. The minimum Gasteiger partial charge on any atom is -0.351 e. The number of anilines is 3. The standard InChI is InChI=1S/C23H27F3N8O.2CH4.H2S/c1-11(2)19-21(35)30-18-12(3)28-22(31-20(18)33(19)4)29-15-5-13(6-15)9-34-10-14-7-17(23(24,25)26)27-8-16(14)32-34;;;/h7-8,10-11,13,15,19H,5-6,9H2,1-4H3,(H,30,35)(H,28,29,31);2*1H4;1H2/t13?,15?,19-;;;/m0.../s1. The lowest BCUT2D eigenvalue weighted by Crippen LogP contribution is -2.50. The first-order valence-electron chi connectivity index (χ1n) is 11.6. The maximum atomic E-state index is 12.9. The number of halogens is 3. The molecule has 1 aliphatic carbocycles. The van der Waals surface area contributed by atoms with Gasteiger partial charge in [0.25, 0.3) is 0 Å². The summed E-state index contributed by atoms with van der Waals surface area (Å²) in [5.41, 5.74) is 0.870. The Hall–Kier alpha value is -3.09. The topological polar surface area (TPSA) is 101 Å². The molecule has 1 saturated carbocycles. The molecule has 2 aliphatic rings. The summed E-state index contributed by atoms with van der Waals surface area (Å²) in [4.78, 5) is 27.1. The first-order valence-corrected chi connectivity index (χ1v) is 11.6. The Labute approximate surface area is 228 Å². The van der Waals surface area contributed by atoms with E-state index >= 15 is 0 Å². The second-order valence-corrected chi connectivity index (χ2v) is 9.78. The summed E-state index contributed by atoms with van der Waals surface area (Å²) < 4.78 is 40.4. The number of nitrogens with one attached hydrogen (secondary N) is 2. The quantitative estimate of drug-likeness (QED) is 0.445. The summed E-state index contributed by atoms with van der Waals surface area (Å²) in [7, 11) is 1.87. The van der Waals surface area contributed by atoms with Crippen LogP contribution in [0.25, 0.3) is 10.9 Å². The number of pyridine rings is 1. The van der Waals surface area contributed by atoms with Crippen molar-refractivity contribution < 1.29 is 18.0 Å². The van der Waals surface area contributed by atoms with Crippen molar-refractivity contribution in [2.24, 2.45) is 11.8 Å². The molecule has 210 valence electrons. The Morgan fingerprint density at radius 3 is 2.53 bits per heavy atom. The number of fused-ring (bicyclic) bond motifs is 2. The van der Waals surface area contributed by atoms with E-state index in [2.05, 4.69) is 30.7 Å². The van der Waals surface area contributed by atoms with Gasteiger partial charge < -0.3 is 15.5 Å². The summed E-state index contributed by atoms with van der Waals surface area (Å²) in [6.45, 7) is 6.47. The van der Waals surface area contributed by atoms with Gasteiger partial charge in [-0.05, 0) is 37.7 Å². The van der Waals surface area contributed by atoms with Crippen molar-refractivity contribution >= 4 is 47.8 Å². The monoisotopic (exact) mass is 554 g/mol. The van der Waals surface area contributed by atoms with Gasteiger partial charge in [0.15, 0.2) is 5.82 Å². The third kappa shape index (κ3) is 5.82. The lowest BCUT2D eigenvalue weighted by atomic mass is 9.80. The van der Waals surface area contributed by atoms with E-state index in [1.54, 1.807) is 10.9 Å². The average Bonchev–Trinajstić information content (AvgIpc) is 3.14. The fraction of sp³-hybridized carbons (Fsp3) is 0.560. The molecule has 0 saturated heterocycles. The van der Waals surface area contributed by atoms with E-state index in [-0.39, 0.29) is 52.3 Å². The zero-order valence-electron chi connectivity index (χ0n) is 20.4. The van der Waals surface area contributed by atoms with Crippen molar-refractivity contribution in [2.45, 2.75) is 73.3 Å². The summed E-state index contributed by atoms with van der Waals surface area (Å²) in [5, 5.41) is 11.1. The van der Waals surface area contributed by atoms with Crippen LogP contribution in [0.15, 0.2) is 18.5 Å². The van der Waals surface area contributed by atoms with Gasteiger partial charge in [-0.15, -0.1) is 0 Å². The Bertz CT molecular complexity index is 1290. The highest BCUT2D eigenvalue weighted by Crippen LogP contribution is 2.36. The minimum absolute atomic E-state index is 0. The fourth-order valence-corrected chi connectivity index (χ4v) is 4.96. The first-order chi connectivity index (χ1) is 16.5. The van der Waals surface area contributed by atoms with Crippen molar-refractivity contribution in [1.29, 1.82) is 0 Å². The van der Waals surface area contributed by atoms with E-state index in [4.69, 9.17) is 0 Å². The van der Waals surface area contributed by atoms with E-state index in [9.17, 15) is 18.0 Å². The van der Waals surface area contributed by atoms with Crippen LogP contribution in [-0.2, 0) is 17.5 Å². The maximum absolute atomic E-state index is 12.9. The van der Waals surface area contributed by atoms with E-state index in [0.29, 0.717) is 46.5 Å². The summed E-state index contributed by atoms with van der Waals surface area (Å²) in [6.07, 6.45) is 0.0549. The van der Waals surface area contributed by atoms with Gasteiger partial charge in [-0.2, -0.15) is 36.7 Å². The molecular weight excluding hydrogens is 517 g/mol. The molecule has 0 unspecified atom stereocenters. The molecule has 1 aliphatic heterocycles. The number of amides is 1. The lowest BCUT2D eigenvalue weighted by molar-refractivity contribution is -0.141. The van der Waals surface area contributed by atoms with Gasteiger partial charge >= 0.3 is 6.18 Å². The third-order valence-corrected chi connectivity index (χ3v) is 6.71. The number of rotatable bonds is 5. The molecular formula is C25H37F3N8OS. The predicted molar refractivity (Wildman–Crippen MR) is 149 cm³/mol. The van der Waals surface area contributed by atoms with Crippen LogP contribution < -0.4 is 15.5 Å². The Kier molecular flexibility index (Phi) is 9.29. The van der Waals surface area contributed by atoms with Crippen LogP contribution in [0.1, 0.15) is 52.9 Å². The van der Waals surface area contributed by atoms with E-state index in [1.807, 2.05) is 32.7 Å². The van der Waals surface area contributed by atoms with E-state index in [1.165, 1.54) is 6.20 Å². The Balaban J connectivity index is 0.00000169. The second kappa shape index (κ2) is 11.3. The molecule has 1 atom stereocenters. The molecule has 13 heteroatoms. The van der Waals surface area contributed by atoms with Crippen LogP contribution >= 0.6 is 13.5 Å². The molecule has 0 radical (unpaired) electrons. The Morgan fingerprint density at radius 2 is 1.89 bits per heavy atom. The molecule has 0 bridgehead atoms. The molecule has 38 heavy (non-hydrogen) atoms. The molecule has 1 fully saturated rings. The third-order valence-electron chi connectivity index (χ3n) is 6.71. The van der Waals surface area contributed by atoms with E-state index in [0.717, 1.165) is 18.9 Å². The van der Waals surface area contributed by atoms with Gasteiger partial charge in [-0.1, -0.05) is 28.7 Å². The predicted octanol–water partition coefficient (Wildman–Crippen LogP) is 5.24. The van der Waals surface area contributed by atoms with Crippen molar-refractivity contribution in [2.75, 3.05) is 22.6 Å². The summed E-state index contributed by atoms with van der Waals surface area (Å²) in [5.74, 6) is 1.63. The molecule has 3 aromatic heterocycles.